The number of carbonyl (C=O) groups excluding carboxylic acids is 3. The highest BCUT2D eigenvalue weighted by Crippen LogP contribution is 2.38. The molecule has 1 aliphatic heterocycles. The van der Waals surface area contributed by atoms with E-state index < -0.39 is 17.8 Å². The summed E-state index contributed by atoms with van der Waals surface area (Å²) in [7, 11) is 0. The van der Waals surface area contributed by atoms with Crippen molar-refractivity contribution in [3.63, 3.8) is 0 Å². The lowest BCUT2D eigenvalue weighted by atomic mass is 10.1. The molecule has 4 rings (SSSR count). The number of hydrogen-bond donors (Lipinski definition) is 1. The Kier molecular flexibility index (Phi) is 8.00. The van der Waals surface area contributed by atoms with E-state index in [4.69, 9.17) is 21.1 Å². The van der Waals surface area contributed by atoms with E-state index in [1.807, 2.05) is 20.8 Å². The molecular weight excluding hydrogens is 560 g/mol. The maximum absolute atomic E-state index is 13.2. The van der Waals surface area contributed by atoms with E-state index >= 15 is 0 Å². The van der Waals surface area contributed by atoms with Crippen LogP contribution in [0.1, 0.15) is 29.2 Å². The van der Waals surface area contributed by atoms with E-state index in [-0.39, 0.29) is 16.3 Å². The zero-order valence-electron chi connectivity index (χ0n) is 20.4. The summed E-state index contributed by atoms with van der Waals surface area (Å²) in [6.07, 6.45) is 1.40. The second-order valence-corrected chi connectivity index (χ2v) is 9.72. The number of barbiturate groups is 1. The third kappa shape index (κ3) is 5.87. The summed E-state index contributed by atoms with van der Waals surface area (Å²) >= 11 is 9.73. The minimum absolute atomic E-state index is 0.177. The fraction of sp³-hybridized carbons (Fsp3) is 0.179. The molecule has 9 heteroatoms. The normalized spacial score (nSPS) is 14.7. The molecule has 190 valence electrons. The highest BCUT2D eigenvalue weighted by Gasteiger charge is 2.37. The number of rotatable bonds is 7. The van der Waals surface area contributed by atoms with Gasteiger partial charge in [0.15, 0.2) is 11.5 Å². The molecule has 7 nitrogen and oxygen atoms in total. The summed E-state index contributed by atoms with van der Waals surface area (Å²) in [6.45, 7) is 6.61. The molecule has 0 atom stereocenters. The first-order chi connectivity index (χ1) is 17.7. The second kappa shape index (κ2) is 11.2. The summed E-state index contributed by atoms with van der Waals surface area (Å²) in [5.74, 6) is -0.653. The molecular formula is C28H24BrClN2O5. The molecule has 1 fully saturated rings. The van der Waals surface area contributed by atoms with E-state index in [9.17, 15) is 14.4 Å². The zero-order chi connectivity index (χ0) is 26.7. The number of hydrogen-bond acceptors (Lipinski definition) is 5. The molecule has 0 unspecified atom stereocenters. The summed E-state index contributed by atoms with van der Waals surface area (Å²) in [4.78, 5) is 39.2. The maximum Gasteiger partial charge on any atom is 0.335 e. The number of benzene rings is 3. The Morgan fingerprint density at radius 1 is 1.00 bits per heavy atom. The van der Waals surface area contributed by atoms with E-state index in [1.165, 1.54) is 12.1 Å². The molecule has 0 aromatic heterocycles. The number of para-hydroxylation sites is 1. The maximum atomic E-state index is 13.2. The molecule has 1 aliphatic rings. The largest absolute Gasteiger partial charge is 0.490 e. The number of anilines is 1. The molecule has 1 heterocycles. The Labute approximate surface area is 228 Å². The average Bonchev–Trinajstić information content (AvgIpc) is 2.82. The average molecular weight is 584 g/mol. The van der Waals surface area contributed by atoms with E-state index in [2.05, 4.69) is 39.4 Å². The van der Waals surface area contributed by atoms with E-state index in [1.54, 1.807) is 30.3 Å². The number of carbonyl (C=O) groups is 3. The number of urea groups is 1. The van der Waals surface area contributed by atoms with Gasteiger partial charge in [0.25, 0.3) is 11.8 Å². The minimum Gasteiger partial charge on any atom is -0.490 e. The molecule has 3 aromatic carbocycles. The topological polar surface area (TPSA) is 84.9 Å². The van der Waals surface area contributed by atoms with Crippen LogP contribution in [0, 0.1) is 13.8 Å². The predicted octanol–water partition coefficient (Wildman–Crippen LogP) is 6.36. The Hall–Kier alpha value is -3.62. The molecule has 37 heavy (non-hydrogen) atoms. The fourth-order valence-corrected chi connectivity index (χ4v) is 4.85. The summed E-state index contributed by atoms with van der Waals surface area (Å²) in [5.41, 5.74) is 3.76. The number of imide groups is 2. The van der Waals surface area contributed by atoms with Gasteiger partial charge in [0.1, 0.15) is 12.2 Å². The van der Waals surface area contributed by atoms with Gasteiger partial charge in [-0.25, -0.2) is 9.69 Å². The van der Waals surface area contributed by atoms with Crippen molar-refractivity contribution in [1.82, 2.24) is 5.32 Å². The minimum atomic E-state index is -0.869. The van der Waals surface area contributed by atoms with Crippen LogP contribution >= 0.6 is 27.5 Å². The first-order valence-electron chi connectivity index (χ1n) is 11.5. The van der Waals surface area contributed by atoms with Crippen LogP contribution < -0.4 is 19.7 Å². The van der Waals surface area contributed by atoms with E-state index in [0.29, 0.717) is 34.7 Å². The first-order valence-corrected chi connectivity index (χ1v) is 12.7. The van der Waals surface area contributed by atoms with Gasteiger partial charge in [-0.3, -0.25) is 14.9 Å². The molecule has 1 N–H and O–H groups in total. The van der Waals surface area contributed by atoms with Crippen LogP contribution in [0.4, 0.5) is 10.5 Å². The van der Waals surface area contributed by atoms with Gasteiger partial charge in [0.2, 0.25) is 0 Å². The number of aryl methyl sites for hydroxylation is 2. The van der Waals surface area contributed by atoms with Crippen LogP contribution in [-0.4, -0.2) is 24.5 Å². The van der Waals surface area contributed by atoms with Crippen molar-refractivity contribution in [2.75, 3.05) is 11.5 Å². The molecule has 4 amide bonds. The van der Waals surface area contributed by atoms with Crippen molar-refractivity contribution in [3.8, 4) is 11.5 Å². The molecule has 0 spiro atoms. The molecule has 0 radical (unpaired) electrons. The van der Waals surface area contributed by atoms with Gasteiger partial charge in [0.05, 0.1) is 21.8 Å². The number of ether oxygens (including phenoxy) is 2. The molecule has 0 saturated carbocycles. The van der Waals surface area contributed by atoms with Gasteiger partial charge in [0, 0.05) is 0 Å². The lowest BCUT2D eigenvalue weighted by molar-refractivity contribution is -0.122. The third-order valence-electron chi connectivity index (χ3n) is 5.50. The summed E-state index contributed by atoms with van der Waals surface area (Å²) < 4.78 is 12.5. The first kappa shape index (κ1) is 26.4. The van der Waals surface area contributed by atoms with Gasteiger partial charge in [-0.15, -0.1) is 0 Å². The van der Waals surface area contributed by atoms with Crippen molar-refractivity contribution >= 4 is 57.1 Å². The lowest BCUT2D eigenvalue weighted by Gasteiger charge is -2.27. The number of nitrogens with zero attached hydrogens (tertiary/aromatic N) is 1. The number of amides is 4. The van der Waals surface area contributed by atoms with Crippen LogP contribution in [0.25, 0.3) is 6.08 Å². The van der Waals surface area contributed by atoms with Gasteiger partial charge in [-0.1, -0.05) is 53.1 Å². The van der Waals surface area contributed by atoms with Crippen molar-refractivity contribution in [1.29, 1.82) is 0 Å². The van der Waals surface area contributed by atoms with Crippen molar-refractivity contribution in [2.24, 2.45) is 0 Å². The monoisotopic (exact) mass is 582 g/mol. The van der Waals surface area contributed by atoms with Crippen molar-refractivity contribution in [3.05, 3.63) is 91.9 Å². The van der Waals surface area contributed by atoms with E-state index in [0.717, 1.165) is 21.6 Å². The smallest absolute Gasteiger partial charge is 0.335 e. The Balaban J connectivity index is 1.67. The van der Waals surface area contributed by atoms with Gasteiger partial charge in [-0.2, -0.15) is 0 Å². The van der Waals surface area contributed by atoms with Gasteiger partial charge < -0.3 is 9.47 Å². The fourth-order valence-electron chi connectivity index (χ4n) is 4.06. The summed E-state index contributed by atoms with van der Waals surface area (Å²) in [6, 6.07) is 15.1. The predicted molar refractivity (Wildman–Crippen MR) is 146 cm³/mol. The van der Waals surface area contributed by atoms with Gasteiger partial charge >= 0.3 is 6.03 Å². The number of halogens is 2. The molecule has 0 bridgehead atoms. The van der Waals surface area contributed by atoms with Crippen molar-refractivity contribution in [2.45, 2.75) is 27.4 Å². The third-order valence-corrected chi connectivity index (χ3v) is 6.41. The number of nitrogens with one attached hydrogen (secondary N) is 1. The van der Waals surface area contributed by atoms with Crippen LogP contribution in [0.2, 0.25) is 5.02 Å². The Morgan fingerprint density at radius 2 is 1.70 bits per heavy atom. The Morgan fingerprint density at radius 3 is 2.38 bits per heavy atom. The highest BCUT2D eigenvalue weighted by atomic mass is 79.9. The van der Waals surface area contributed by atoms with Crippen LogP contribution in [-0.2, 0) is 16.2 Å². The quantitative estimate of drug-likeness (QED) is 0.258. The molecule has 0 aliphatic carbocycles. The van der Waals surface area contributed by atoms with Gasteiger partial charge in [-0.05, 0) is 78.2 Å². The standard InChI is InChI=1S/C28H24BrClN2O5/c1-4-36-24-14-18(13-21(29)25(24)37-15-19-10-16(2)9-17(3)11-19)12-20-26(33)31-28(35)32(27(20)34)23-8-6-5-7-22(23)30/h5-14H,4,15H2,1-3H3,(H,31,33,35)/b20-12+. The molecule has 3 aromatic rings. The van der Waals surface area contributed by atoms with Crippen LogP contribution in [0.3, 0.4) is 0 Å². The highest BCUT2D eigenvalue weighted by molar-refractivity contribution is 9.10. The lowest BCUT2D eigenvalue weighted by Crippen LogP contribution is -2.54. The van der Waals surface area contributed by atoms with Crippen LogP contribution in [0.5, 0.6) is 11.5 Å². The molecule has 1 saturated heterocycles. The van der Waals surface area contributed by atoms with Crippen LogP contribution in [0.15, 0.2) is 64.6 Å². The Bertz CT molecular complexity index is 1420. The van der Waals surface area contributed by atoms with Crippen molar-refractivity contribution < 1.29 is 23.9 Å². The SMILES string of the molecule is CCOc1cc(/C=C2\C(=O)NC(=O)N(c3ccccc3Cl)C2=O)cc(Br)c1OCc1cc(C)cc(C)c1. The zero-order valence-corrected chi connectivity index (χ0v) is 22.8. The summed E-state index contributed by atoms with van der Waals surface area (Å²) in [5, 5.41) is 2.40. The second-order valence-electron chi connectivity index (χ2n) is 8.46.